The molecule has 0 bridgehead atoms. The van der Waals surface area contributed by atoms with Crippen molar-refractivity contribution in [3.63, 3.8) is 0 Å². The quantitative estimate of drug-likeness (QED) is 0.0876. The normalized spacial score (nSPS) is 16.8. The van der Waals surface area contributed by atoms with Crippen LogP contribution < -0.4 is 0 Å². The van der Waals surface area contributed by atoms with Crippen molar-refractivity contribution < 1.29 is 28.0 Å². The van der Waals surface area contributed by atoms with Gasteiger partial charge >= 0.3 is 5.97 Å². The summed E-state index contributed by atoms with van der Waals surface area (Å²) in [5, 5.41) is 13.2. The molecule has 0 saturated carbocycles. The number of carbonyl (C=O) groups excluding carboxylic acids is 1. The standard InChI is InChI=1S/C51H89NO6SSi3/c1-36(30-31-43(56-60(16,17)48(5,6)7)38(3)32-41-35-59-39(4)52-41)26-25-27-37(2)46(58-62(20,21)50(11,12)13)42(33-40-28-23-22-24-29-40)47(55)51(14,15)44(34-45(53)54)57-61(18,19)49(8,9)10/h22-24,28-30,32,35,37,42-44,46H,25-27,31,33-34H2,1-21H3,(H,53,54)/t37-,42+,43-,44-,46-/m0/s1. The number of nitrogens with zero attached hydrogens (tertiary/aromatic N) is 1. The Balaban J connectivity index is 2.56. The summed E-state index contributed by atoms with van der Waals surface area (Å²) in [6.45, 7) is 46.1. The van der Waals surface area contributed by atoms with Crippen molar-refractivity contribution in [2.24, 2.45) is 17.3 Å². The Morgan fingerprint density at radius 3 is 1.81 bits per heavy atom. The van der Waals surface area contributed by atoms with Gasteiger partial charge in [-0.15, -0.1) is 11.3 Å². The lowest BCUT2D eigenvalue weighted by Crippen LogP contribution is -2.55. The van der Waals surface area contributed by atoms with E-state index in [4.69, 9.17) is 18.3 Å². The lowest BCUT2D eigenvalue weighted by molar-refractivity contribution is -0.146. The molecule has 0 radical (unpaired) electrons. The first-order chi connectivity index (χ1) is 28.0. The van der Waals surface area contributed by atoms with Crippen LogP contribution in [0.15, 0.2) is 52.9 Å². The lowest BCUT2D eigenvalue weighted by Gasteiger charge is -2.47. The van der Waals surface area contributed by atoms with E-state index in [9.17, 15) is 9.90 Å². The molecule has 7 nitrogen and oxygen atoms in total. The molecule has 0 spiro atoms. The van der Waals surface area contributed by atoms with Crippen LogP contribution in [0.2, 0.25) is 54.4 Å². The van der Waals surface area contributed by atoms with Crippen LogP contribution in [0.5, 0.6) is 0 Å². The average molecular weight is 929 g/mol. The van der Waals surface area contributed by atoms with Gasteiger partial charge < -0.3 is 18.4 Å². The first-order valence-electron chi connectivity index (χ1n) is 23.1. The lowest BCUT2D eigenvalue weighted by atomic mass is 9.70. The predicted molar refractivity (Wildman–Crippen MR) is 273 cm³/mol. The molecule has 11 heteroatoms. The first kappa shape index (κ1) is 56.1. The number of benzene rings is 1. The van der Waals surface area contributed by atoms with Crippen LogP contribution in [-0.4, -0.2) is 65.1 Å². The van der Waals surface area contributed by atoms with E-state index in [0.717, 1.165) is 41.9 Å². The van der Waals surface area contributed by atoms with E-state index in [1.165, 1.54) is 11.1 Å². The number of carboxylic acids is 1. The summed E-state index contributed by atoms with van der Waals surface area (Å²) in [7, 11) is -6.91. The molecule has 62 heavy (non-hydrogen) atoms. The molecule has 2 aromatic rings. The minimum atomic E-state index is -2.45. The number of aromatic nitrogens is 1. The summed E-state index contributed by atoms with van der Waals surface area (Å²) >= 11 is 1.67. The highest BCUT2D eigenvalue weighted by molar-refractivity contribution is 7.09. The number of hydrogen-bond acceptors (Lipinski definition) is 7. The summed E-state index contributed by atoms with van der Waals surface area (Å²) in [5.41, 5.74) is 3.50. The molecule has 352 valence electrons. The van der Waals surface area contributed by atoms with Crippen molar-refractivity contribution in [1.29, 1.82) is 0 Å². The monoisotopic (exact) mass is 928 g/mol. The average Bonchev–Trinajstić information content (AvgIpc) is 3.53. The third-order valence-electron chi connectivity index (χ3n) is 14.5. The molecule has 1 aromatic heterocycles. The van der Waals surface area contributed by atoms with Gasteiger partial charge in [0.1, 0.15) is 5.78 Å². The zero-order valence-corrected chi connectivity index (χ0v) is 46.9. The fraction of sp³-hybridized carbons (Fsp3) is 0.706. The molecule has 0 amide bonds. The van der Waals surface area contributed by atoms with Gasteiger partial charge in [-0.3, -0.25) is 9.59 Å². The maximum absolute atomic E-state index is 15.5. The van der Waals surface area contributed by atoms with Crippen molar-refractivity contribution in [3.05, 3.63) is 69.2 Å². The van der Waals surface area contributed by atoms with Crippen molar-refractivity contribution in [1.82, 2.24) is 4.98 Å². The van der Waals surface area contributed by atoms with Gasteiger partial charge in [-0.1, -0.05) is 125 Å². The second-order valence-corrected chi connectivity index (χ2v) is 38.7. The van der Waals surface area contributed by atoms with Gasteiger partial charge in [-0.25, -0.2) is 4.98 Å². The molecular formula is C51H89NO6SSi3. The molecule has 1 aromatic carbocycles. The van der Waals surface area contributed by atoms with Crippen LogP contribution in [0.4, 0.5) is 0 Å². The second-order valence-electron chi connectivity index (χ2n) is 23.4. The van der Waals surface area contributed by atoms with Crippen LogP contribution in [0, 0.1) is 24.2 Å². The Labute approximate surface area is 386 Å². The molecule has 0 aliphatic carbocycles. The summed E-state index contributed by atoms with van der Waals surface area (Å²) < 4.78 is 21.4. The minimum absolute atomic E-state index is 0.0157. The topological polar surface area (TPSA) is 95.0 Å². The number of aryl methyl sites for hydroxylation is 1. The third-order valence-corrected chi connectivity index (χ3v) is 28.8. The Morgan fingerprint density at radius 1 is 0.806 bits per heavy atom. The summed E-state index contributed by atoms with van der Waals surface area (Å²) in [6, 6.07) is 10.2. The molecule has 0 fully saturated rings. The minimum Gasteiger partial charge on any atom is -0.481 e. The molecule has 5 atom stereocenters. The van der Waals surface area contributed by atoms with Gasteiger partial charge in [0.25, 0.3) is 0 Å². The molecule has 0 saturated heterocycles. The van der Waals surface area contributed by atoms with Gasteiger partial charge in [-0.2, -0.15) is 0 Å². The van der Waals surface area contributed by atoms with Gasteiger partial charge in [-0.05, 0) is 130 Å². The third kappa shape index (κ3) is 16.2. The first-order valence-corrected chi connectivity index (χ1v) is 32.7. The number of carboxylic acid groups (broad SMARTS) is 1. The maximum Gasteiger partial charge on any atom is 0.305 e. The highest BCUT2D eigenvalue weighted by atomic mass is 32.1. The largest absolute Gasteiger partial charge is 0.481 e. The van der Waals surface area contributed by atoms with Crippen molar-refractivity contribution in [2.75, 3.05) is 0 Å². The molecular weight excluding hydrogens is 839 g/mol. The molecule has 0 unspecified atom stereocenters. The number of ketones is 1. The Hall–Kier alpha value is -2.00. The van der Waals surface area contributed by atoms with Crippen LogP contribution >= 0.6 is 11.3 Å². The summed E-state index contributed by atoms with van der Waals surface area (Å²) in [6.07, 6.45) is 7.21. The smallest absolute Gasteiger partial charge is 0.305 e. The van der Waals surface area contributed by atoms with Crippen LogP contribution in [-0.2, 0) is 29.3 Å². The van der Waals surface area contributed by atoms with E-state index in [2.05, 4.69) is 152 Å². The van der Waals surface area contributed by atoms with Crippen molar-refractivity contribution in [2.45, 2.75) is 215 Å². The maximum atomic E-state index is 15.5. The van der Waals surface area contributed by atoms with Crippen LogP contribution in [0.3, 0.4) is 0 Å². The van der Waals surface area contributed by atoms with Crippen molar-refractivity contribution in [3.8, 4) is 0 Å². The zero-order chi connectivity index (χ0) is 47.9. The van der Waals surface area contributed by atoms with Gasteiger partial charge in [0.2, 0.25) is 0 Å². The molecule has 2 rings (SSSR count). The number of aliphatic carboxylic acids is 1. The Bertz CT molecular complexity index is 1810. The van der Waals surface area contributed by atoms with Gasteiger partial charge in [0, 0.05) is 16.7 Å². The number of Topliss-reactive ketones (excluding diaryl/α,β-unsaturated/α-hetero) is 1. The number of rotatable bonds is 23. The van der Waals surface area contributed by atoms with Crippen LogP contribution in [0.25, 0.3) is 6.08 Å². The molecule has 0 aliphatic rings. The van der Waals surface area contributed by atoms with E-state index in [-0.39, 0.29) is 45.4 Å². The Kier molecular flexibility index (Phi) is 19.9. The number of carbonyl (C=O) groups is 2. The van der Waals surface area contributed by atoms with E-state index >= 15 is 4.79 Å². The molecule has 1 heterocycles. The van der Waals surface area contributed by atoms with Gasteiger partial charge in [0.15, 0.2) is 25.0 Å². The van der Waals surface area contributed by atoms with E-state index in [1.807, 2.05) is 39.0 Å². The van der Waals surface area contributed by atoms with Crippen LogP contribution in [0.1, 0.15) is 145 Å². The summed E-state index contributed by atoms with van der Waals surface area (Å²) in [5.74, 6) is -1.39. The SMILES string of the molecule is CC(=CC[C@H](O[Si](C)(C)C(C)(C)C)C(C)=Cc1csc(C)n1)CCC[C@H](C)[C@H](O[Si](C)(C)C(C)(C)C)[C@@H](Cc1ccccc1)C(=O)C(C)(C)[C@H](CC(=O)O)O[Si](C)(C)C(C)(C)C. The molecule has 1 N–H and O–H groups in total. The summed E-state index contributed by atoms with van der Waals surface area (Å²) in [4.78, 5) is 32.7. The highest BCUT2D eigenvalue weighted by Crippen LogP contribution is 2.45. The van der Waals surface area contributed by atoms with E-state index < -0.39 is 48.4 Å². The number of hydrogen-bond donors (Lipinski definition) is 1. The zero-order valence-electron chi connectivity index (χ0n) is 43.1. The van der Waals surface area contributed by atoms with E-state index in [1.54, 1.807) is 11.3 Å². The predicted octanol–water partition coefficient (Wildman–Crippen LogP) is 15.1. The van der Waals surface area contributed by atoms with E-state index in [0.29, 0.717) is 6.42 Å². The van der Waals surface area contributed by atoms with Crippen molar-refractivity contribution >= 4 is 54.1 Å². The fourth-order valence-corrected chi connectivity index (χ4v) is 11.8. The highest BCUT2D eigenvalue weighted by Gasteiger charge is 2.51. The number of allylic oxidation sites excluding steroid dienone is 1. The molecule has 0 aliphatic heterocycles. The fourth-order valence-electron chi connectivity index (χ4n) is 7.02. The van der Waals surface area contributed by atoms with Gasteiger partial charge in [0.05, 0.1) is 35.4 Å². The number of thiazole rings is 1. The Morgan fingerprint density at radius 2 is 1.32 bits per heavy atom. The second kappa shape index (κ2) is 22.0.